The Morgan fingerprint density at radius 3 is 2.14 bits per heavy atom. The average molecular weight is 563 g/mol. The van der Waals surface area contributed by atoms with E-state index in [1.54, 1.807) is 25.1 Å². The number of carbonyl (C=O) groups excluding carboxylic acids is 2. The second-order valence-corrected chi connectivity index (χ2v) is 9.67. The van der Waals surface area contributed by atoms with E-state index in [1.165, 1.54) is 19.6 Å². The van der Waals surface area contributed by atoms with Crippen molar-refractivity contribution in [1.29, 1.82) is 0 Å². The van der Waals surface area contributed by atoms with E-state index in [2.05, 4.69) is 9.97 Å². The topological polar surface area (TPSA) is 101 Å². The molecule has 0 aliphatic carbocycles. The second kappa shape index (κ2) is 13.4. The number of rotatable bonds is 12. The summed E-state index contributed by atoms with van der Waals surface area (Å²) in [4.78, 5) is 34.6. The summed E-state index contributed by atoms with van der Waals surface area (Å²) in [5.74, 6) is -0.783. The molecule has 0 N–H and O–H groups in total. The van der Waals surface area contributed by atoms with Crippen LogP contribution in [0.2, 0.25) is 0 Å². The van der Waals surface area contributed by atoms with E-state index in [1.807, 2.05) is 72.8 Å². The Kier molecular flexibility index (Phi) is 9.03. The van der Waals surface area contributed by atoms with Gasteiger partial charge in [-0.1, -0.05) is 66.7 Å². The highest BCUT2D eigenvalue weighted by atomic mass is 16.5. The first kappa shape index (κ1) is 28.3. The van der Waals surface area contributed by atoms with Gasteiger partial charge in [-0.15, -0.1) is 0 Å². The Bertz CT molecular complexity index is 1650. The van der Waals surface area contributed by atoms with Crippen molar-refractivity contribution in [2.45, 2.75) is 26.6 Å². The number of benzene rings is 3. The van der Waals surface area contributed by atoms with Gasteiger partial charge in [-0.25, -0.2) is 4.98 Å². The number of Topliss-reactive ketones (excluding diaryl/α,β-unsaturated/α-hetero) is 1. The molecule has 0 bridgehead atoms. The molecule has 0 amide bonds. The number of ether oxygens (including phenoxy) is 3. The van der Waals surface area contributed by atoms with Crippen molar-refractivity contribution in [3.05, 3.63) is 132 Å². The first-order chi connectivity index (χ1) is 20.5. The van der Waals surface area contributed by atoms with Gasteiger partial charge in [-0.2, -0.15) is 0 Å². The van der Waals surface area contributed by atoms with E-state index < -0.39 is 17.7 Å². The number of nitrogens with zero attached hydrogens (tertiary/aromatic N) is 2. The molecule has 0 saturated carbocycles. The van der Waals surface area contributed by atoms with Crippen LogP contribution in [0.1, 0.15) is 32.9 Å². The molecule has 1 unspecified atom stereocenters. The zero-order valence-electron chi connectivity index (χ0n) is 23.4. The molecule has 8 heteroatoms. The molecule has 3 aromatic carbocycles. The molecular weight excluding hydrogens is 532 g/mol. The van der Waals surface area contributed by atoms with Gasteiger partial charge >= 0.3 is 5.97 Å². The van der Waals surface area contributed by atoms with Gasteiger partial charge in [0.05, 0.1) is 12.8 Å². The van der Waals surface area contributed by atoms with Crippen LogP contribution in [-0.4, -0.2) is 28.8 Å². The van der Waals surface area contributed by atoms with Gasteiger partial charge in [0, 0.05) is 18.2 Å². The van der Waals surface area contributed by atoms with E-state index in [0.29, 0.717) is 47.4 Å². The monoisotopic (exact) mass is 562 g/mol. The summed E-state index contributed by atoms with van der Waals surface area (Å²) in [7, 11) is 1.25. The van der Waals surface area contributed by atoms with Crippen molar-refractivity contribution in [3.63, 3.8) is 0 Å². The van der Waals surface area contributed by atoms with Crippen molar-refractivity contribution >= 4 is 11.8 Å². The highest BCUT2D eigenvalue weighted by Crippen LogP contribution is 2.34. The van der Waals surface area contributed by atoms with E-state index in [9.17, 15) is 9.59 Å². The Morgan fingerprint density at radius 1 is 0.833 bits per heavy atom. The minimum atomic E-state index is -1.11. The molecule has 0 radical (unpaired) electrons. The Labute approximate surface area is 243 Å². The quantitative estimate of drug-likeness (QED) is 0.0976. The number of methoxy groups -OCH3 is 1. The molecule has 2 aromatic heterocycles. The molecule has 0 saturated heterocycles. The Morgan fingerprint density at radius 2 is 1.50 bits per heavy atom. The highest BCUT2D eigenvalue weighted by molar-refractivity contribution is 6.08. The average Bonchev–Trinajstić information content (AvgIpc) is 3.51. The van der Waals surface area contributed by atoms with Gasteiger partial charge in [0.15, 0.2) is 17.3 Å². The number of hydrogen-bond donors (Lipinski definition) is 0. The summed E-state index contributed by atoms with van der Waals surface area (Å²) in [6.07, 6.45) is 2.96. The Balaban J connectivity index is 1.38. The standard InChI is InChI=1S/C34H30N2O6/c1-23-10-9-17-35-31(23)32(37)28(34(38)39-2)19-27-22-42-33(36-27)26-15-16-29(40-20-24-11-5-3-6-12-24)30(18-26)41-21-25-13-7-4-8-14-25/h3-18,22,28H,19-21H2,1-2H3. The van der Waals surface area contributed by atoms with E-state index >= 15 is 0 Å². The number of pyridine rings is 1. The van der Waals surface area contributed by atoms with Crippen molar-refractivity contribution in [3.8, 4) is 23.0 Å². The number of hydrogen-bond acceptors (Lipinski definition) is 8. The van der Waals surface area contributed by atoms with Crippen LogP contribution in [-0.2, 0) is 29.2 Å². The number of ketones is 1. The van der Waals surface area contributed by atoms with Crippen LogP contribution in [0, 0.1) is 12.8 Å². The third-order valence-electron chi connectivity index (χ3n) is 6.68. The van der Waals surface area contributed by atoms with Crippen LogP contribution >= 0.6 is 0 Å². The van der Waals surface area contributed by atoms with Gasteiger partial charge in [0.25, 0.3) is 0 Å². The fourth-order valence-corrected chi connectivity index (χ4v) is 4.42. The largest absolute Gasteiger partial charge is 0.485 e. The number of aromatic nitrogens is 2. The number of carbonyl (C=O) groups is 2. The van der Waals surface area contributed by atoms with Crippen molar-refractivity contribution < 1.29 is 28.2 Å². The first-order valence-corrected chi connectivity index (χ1v) is 13.5. The molecule has 0 fully saturated rings. The SMILES string of the molecule is COC(=O)C(Cc1coc(-c2ccc(OCc3ccccc3)c(OCc3ccccc3)c2)n1)C(=O)c1ncccc1C. The lowest BCUT2D eigenvalue weighted by atomic mass is 9.94. The molecule has 0 aliphatic rings. The van der Waals surface area contributed by atoms with E-state index in [0.717, 1.165) is 11.1 Å². The fourth-order valence-electron chi connectivity index (χ4n) is 4.42. The molecule has 1 atom stereocenters. The van der Waals surface area contributed by atoms with Gasteiger partial charge in [-0.05, 0) is 47.9 Å². The van der Waals surface area contributed by atoms with Gasteiger partial charge < -0.3 is 18.6 Å². The molecule has 42 heavy (non-hydrogen) atoms. The first-order valence-electron chi connectivity index (χ1n) is 13.5. The van der Waals surface area contributed by atoms with Gasteiger partial charge in [-0.3, -0.25) is 14.6 Å². The lowest BCUT2D eigenvalue weighted by Gasteiger charge is -2.14. The molecule has 0 aliphatic heterocycles. The minimum Gasteiger partial charge on any atom is -0.485 e. The van der Waals surface area contributed by atoms with Crippen LogP contribution in [0.3, 0.4) is 0 Å². The van der Waals surface area contributed by atoms with Crippen molar-refractivity contribution in [1.82, 2.24) is 9.97 Å². The van der Waals surface area contributed by atoms with E-state index in [4.69, 9.17) is 18.6 Å². The maximum Gasteiger partial charge on any atom is 0.317 e. The smallest absolute Gasteiger partial charge is 0.317 e. The number of aryl methyl sites for hydroxylation is 1. The van der Waals surface area contributed by atoms with Crippen LogP contribution < -0.4 is 9.47 Å². The molecule has 5 aromatic rings. The predicted molar refractivity (Wildman–Crippen MR) is 156 cm³/mol. The van der Waals surface area contributed by atoms with Crippen LogP contribution in [0.25, 0.3) is 11.5 Å². The summed E-state index contributed by atoms with van der Waals surface area (Å²) < 4.78 is 23.0. The van der Waals surface area contributed by atoms with Crippen LogP contribution in [0.5, 0.6) is 11.5 Å². The van der Waals surface area contributed by atoms with Crippen LogP contribution in [0.15, 0.2) is 108 Å². The summed E-state index contributed by atoms with van der Waals surface area (Å²) in [6.45, 7) is 2.50. The maximum atomic E-state index is 13.2. The van der Waals surface area contributed by atoms with Gasteiger partial charge in [0.2, 0.25) is 5.89 Å². The second-order valence-electron chi connectivity index (χ2n) is 9.67. The summed E-state index contributed by atoms with van der Waals surface area (Å²) in [5, 5.41) is 0. The Hall–Kier alpha value is -5.24. The van der Waals surface area contributed by atoms with Crippen molar-refractivity contribution in [2.24, 2.45) is 5.92 Å². The molecule has 2 heterocycles. The normalized spacial score (nSPS) is 11.5. The summed E-state index contributed by atoms with van der Waals surface area (Å²) >= 11 is 0. The van der Waals surface area contributed by atoms with Gasteiger partial charge in [0.1, 0.15) is 31.1 Å². The van der Waals surface area contributed by atoms with Crippen LogP contribution in [0.4, 0.5) is 0 Å². The van der Waals surface area contributed by atoms with E-state index in [-0.39, 0.29) is 12.1 Å². The minimum absolute atomic E-state index is 0.000650. The maximum absolute atomic E-state index is 13.2. The van der Waals surface area contributed by atoms with Crippen molar-refractivity contribution in [2.75, 3.05) is 7.11 Å². The summed E-state index contributed by atoms with van der Waals surface area (Å²) in [6, 6.07) is 28.7. The zero-order chi connectivity index (χ0) is 29.3. The molecule has 5 rings (SSSR count). The molecule has 212 valence electrons. The molecule has 8 nitrogen and oxygen atoms in total. The fraction of sp³-hybridized carbons (Fsp3) is 0.176. The number of esters is 1. The lowest BCUT2D eigenvalue weighted by molar-refractivity contribution is -0.143. The predicted octanol–water partition coefficient (Wildman–Crippen LogP) is 6.42. The molecule has 0 spiro atoms. The number of oxazole rings is 1. The zero-order valence-corrected chi connectivity index (χ0v) is 23.4. The lowest BCUT2D eigenvalue weighted by Crippen LogP contribution is -2.29. The highest BCUT2D eigenvalue weighted by Gasteiger charge is 2.31. The summed E-state index contributed by atoms with van der Waals surface area (Å²) in [5.41, 5.74) is 4.02. The third-order valence-corrected chi connectivity index (χ3v) is 6.68. The molecular formula is C34H30N2O6. The third kappa shape index (κ3) is 6.90.